The molecule has 0 atom stereocenters. The molecule has 3 amide bonds. The molecule has 3 rings (SSSR count). The third kappa shape index (κ3) is 5.90. The van der Waals surface area contributed by atoms with Gasteiger partial charge in [-0.3, -0.25) is 4.79 Å². The van der Waals surface area contributed by atoms with Crippen molar-refractivity contribution >= 4 is 11.9 Å². The smallest absolute Gasteiger partial charge is 0.315 e. The van der Waals surface area contributed by atoms with Crippen LogP contribution in [0, 0.1) is 5.82 Å². The van der Waals surface area contributed by atoms with Crippen molar-refractivity contribution in [1.29, 1.82) is 0 Å². The van der Waals surface area contributed by atoms with Gasteiger partial charge in [0.1, 0.15) is 5.82 Å². The van der Waals surface area contributed by atoms with E-state index in [-0.39, 0.29) is 31.1 Å². The molecule has 29 heavy (non-hydrogen) atoms. The number of benzene rings is 3. The zero-order valence-electron chi connectivity index (χ0n) is 15.8. The highest BCUT2D eigenvalue weighted by molar-refractivity contribution is 5.94. The average Bonchev–Trinajstić information content (AvgIpc) is 2.76. The van der Waals surface area contributed by atoms with Crippen LogP contribution in [0.4, 0.5) is 9.18 Å². The second kappa shape index (κ2) is 10.0. The number of rotatable bonds is 7. The topological polar surface area (TPSA) is 70.2 Å². The SMILES string of the molecule is O=C(NCCNC(=O)c1ccc(F)cc1)NC(c1ccccc1)c1ccccc1. The Bertz CT molecular complexity index is 892. The minimum absolute atomic E-state index is 0.255. The molecular weight excluding hydrogens is 369 g/mol. The van der Waals surface area contributed by atoms with E-state index in [9.17, 15) is 14.0 Å². The van der Waals surface area contributed by atoms with Crippen LogP contribution in [0.15, 0.2) is 84.9 Å². The number of carbonyl (C=O) groups is 2. The van der Waals surface area contributed by atoms with Crippen molar-refractivity contribution in [3.63, 3.8) is 0 Å². The number of urea groups is 1. The molecule has 148 valence electrons. The summed E-state index contributed by atoms with van der Waals surface area (Å²) in [5, 5.41) is 8.40. The normalized spacial score (nSPS) is 10.4. The molecule has 0 aliphatic rings. The van der Waals surface area contributed by atoms with E-state index < -0.39 is 5.82 Å². The van der Waals surface area contributed by atoms with Gasteiger partial charge < -0.3 is 16.0 Å². The van der Waals surface area contributed by atoms with Crippen LogP contribution in [-0.4, -0.2) is 25.0 Å². The Balaban J connectivity index is 1.51. The Labute approximate surface area is 169 Å². The van der Waals surface area contributed by atoms with Crippen LogP contribution in [0.3, 0.4) is 0 Å². The zero-order valence-corrected chi connectivity index (χ0v) is 15.8. The molecule has 6 heteroatoms. The molecule has 3 aromatic rings. The first kappa shape index (κ1) is 20.1. The number of halogens is 1. The summed E-state index contributed by atoms with van der Waals surface area (Å²) in [6, 6.07) is 24.1. The van der Waals surface area contributed by atoms with E-state index in [0.29, 0.717) is 5.56 Å². The average molecular weight is 391 g/mol. The molecular formula is C23H22FN3O2. The van der Waals surface area contributed by atoms with E-state index >= 15 is 0 Å². The molecule has 0 saturated heterocycles. The van der Waals surface area contributed by atoms with Crippen LogP contribution in [0.1, 0.15) is 27.5 Å². The molecule has 3 N–H and O–H groups in total. The Hall–Kier alpha value is -3.67. The Morgan fingerprint density at radius 1 is 0.724 bits per heavy atom. The highest BCUT2D eigenvalue weighted by atomic mass is 19.1. The van der Waals surface area contributed by atoms with Crippen molar-refractivity contribution in [2.24, 2.45) is 0 Å². The van der Waals surface area contributed by atoms with Crippen molar-refractivity contribution in [1.82, 2.24) is 16.0 Å². The summed E-state index contributed by atoms with van der Waals surface area (Å²) in [5.41, 5.74) is 2.31. The lowest BCUT2D eigenvalue weighted by atomic mass is 9.99. The second-order valence-corrected chi connectivity index (χ2v) is 6.42. The lowest BCUT2D eigenvalue weighted by Gasteiger charge is -2.20. The summed E-state index contributed by atoms with van der Waals surface area (Å²) in [5.74, 6) is -0.718. The summed E-state index contributed by atoms with van der Waals surface area (Å²) >= 11 is 0. The summed E-state index contributed by atoms with van der Waals surface area (Å²) in [6.07, 6.45) is 0. The lowest BCUT2D eigenvalue weighted by Crippen LogP contribution is -2.42. The van der Waals surface area contributed by atoms with Crippen LogP contribution in [0.25, 0.3) is 0 Å². The quantitative estimate of drug-likeness (QED) is 0.538. The van der Waals surface area contributed by atoms with E-state index in [1.165, 1.54) is 24.3 Å². The molecule has 0 fully saturated rings. The predicted octanol–water partition coefficient (Wildman–Crippen LogP) is 3.64. The molecule has 0 aromatic heterocycles. The first-order chi connectivity index (χ1) is 14.1. The van der Waals surface area contributed by atoms with Gasteiger partial charge in [0, 0.05) is 18.7 Å². The van der Waals surface area contributed by atoms with Crippen LogP contribution < -0.4 is 16.0 Å². The molecule has 0 unspecified atom stereocenters. The summed E-state index contributed by atoms with van der Waals surface area (Å²) < 4.78 is 12.9. The Morgan fingerprint density at radius 3 is 1.79 bits per heavy atom. The van der Waals surface area contributed by atoms with E-state index in [2.05, 4.69) is 16.0 Å². The maximum Gasteiger partial charge on any atom is 0.315 e. The van der Waals surface area contributed by atoms with Crippen molar-refractivity contribution in [2.45, 2.75) is 6.04 Å². The molecule has 0 aliphatic carbocycles. The van der Waals surface area contributed by atoms with Gasteiger partial charge in [0.05, 0.1) is 6.04 Å². The van der Waals surface area contributed by atoms with Crippen molar-refractivity contribution in [3.05, 3.63) is 107 Å². The van der Waals surface area contributed by atoms with Gasteiger partial charge >= 0.3 is 6.03 Å². The minimum atomic E-state index is -0.397. The van der Waals surface area contributed by atoms with E-state index in [4.69, 9.17) is 0 Å². The molecule has 5 nitrogen and oxygen atoms in total. The lowest BCUT2D eigenvalue weighted by molar-refractivity contribution is 0.0953. The number of hydrogen-bond acceptors (Lipinski definition) is 2. The fourth-order valence-corrected chi connectivity index (χ4v) is 2.89. The first-order valence-electron chi connectivity index (χ1n) is 9.31. The summed E-state index contributed by atoms with van der Waals surface area (Å²) in [6.45, 7) is 0.514. The van der Waals surface area contributed by atoms with Gasteiger partial charge in [-0.25, -0.2) is 9.18 Å². The highest BCUT2D eigenvalue weighted by Gasteiger charge is 2.16. The van der Waals surface area contributed by atoms with Gasteiger partial charge in [-0.05, 0) is 35.4 Å². The molecule has 0 aliphatic heterocycles. The minimum Gasteiger partial charge on any atom is -0.350 e. The molecule has 0 radical (unpaired) electrons. The number of carbonyl (C=O) groups excluding carboxylic acids is 2. The summed E-state index contributed by atoms with van der Waals surface area (Å²) in [7, 11) is 0. The summed E-state index contributed by atoms with van der Waals surface area (Å²) in [4.78, 5) is 24.4. The maximum absolute atomic E-state index is 12.9. The predicted molar refractivity (Wildman–Crippen MR) is 110 cm³/mol. The van der Waals surface area contributed by atoms with Gasteiger partial charge in [0.2, 0.25) is 0 Å². The molecule has 0 saturated carbocycles. The monoisotopic (exact) mass is 391 g/mol. The molecule has 0 bridgehead atoms. The van der Waals surface area contributed by atoms with Crippen LogP contribution in [-0.2, 0) is 0 Å². The van der Waals surface area contributed by atoms with Crippen LogP contribution in [0.2, 0.25) is 0 Å². The van der Waals surface area contributed by atoms with E-state index in [0.717, 1.165) is 11.1 Å². The standard InChI is InChI=1S/C23H22FN3O2/c24-20-13-11-19(12-14-20)22(28)25-15-16-26-23(29)27-21(17-7-3-1-4-8-17)18-9-5-2-6-10-18/h1-14,21H,15-16H2,(H,25,28)(H2,26,27,29). The number of nitrogens with one attached hydrogen (secondary N) is 3. The Kier molecular flexibility index (Phi) is 6.95. The fourth-order valence-electron chi connectivity index (χ4n) is 2.89. The largest absolute Gasteiger partial charge is 0.350 e. The van der Waals surface area contributed by atoms with Gasteiger partial charge in [0.25, 0.3) is 5.91 Å². The third-order valence-electron chi connectivity index (χ3n) is 4.34. The van der Waals surface area contributed by atoms with E-state index in [1.807, 2.05) is 60.7 Å². The van der Waals surface area contributed by atoms with Crippen molar-refractivity contribution in [3.8, 4) is 0 Å². The first-order valence-corrected chi connectivity index (χ1v) is 9.31. The van der Waals surface area contributed by atoms with Gasteiger partial charge in [0.15, 0.2) is 0 Å². The Morgan fingerprint density at radius 2 is 1.24 bits per heavy atom. The van der Waals surface area contributed by atoms with Crippen molar-refractivity contribution in [2.75, 3.05) is 13.1 Å². The molecule has 0 spiro atoms. The van der Waals surface area contributed by atoms with Gasteiger partial charge in [-0.1, -0.05) is 60.7 Å². The van der Waals surface area contributed by atoms with Crippen LogP contribution in [0.5, 0.6) is 0 Å². The number of amides is 3. The van der Waals surface area contributed by atoms with Gasteiger partial charge in [-0.2, -0.15) is 0 Å². The zero-order chi connectivity index (χ0) is 20.5. The number of hydrogen-bond donors (Lipinski definition) is 3. The van der Waals surface area contributed by atoms with Crippen molar-refractivity contribution < 1.29 is 14.0 Å². The molecule has 0 heterocycles. The second-order valence-electron chi connectivity index (χ2n) is 6.42. The molecule has 3 aromatic carbocycles. The highest BCUT2D eigenvalue weighted by Crippen LogP contribution is 2.21. The van der Waals surface area contributed by atoms with E-state index in [1.54, 1.807) is 0 Å². The van der Waals surface area contributed by atoms with Gasteiger partial charge in [-0.15, -0.1) is 0 Å². The fraction of sp³-hybridized carbons (Fsp3) is 0.130. The maximum atomic E-state index is 12.9. The third-order valence-corrected chi connectivity index (χ3v) is 4.34. The van der Waals surface area contributed by atoms with Crippen LogP contribution >= 0.6 is 0 Å².